The van der Waals surface area contributed by atoms with Crippen molar-refractivity contribution in [3.8, 4) is 0 Å². The van der Waals surface area contributed by atoms with Gasteiger partial charge in [-0.2, -0.15) is 0 Å². The van der Waals surface area contributed by atoms with E-state index in [1.165, 1.54) is 5.56 Å². The Balaban J connectivity index is 2.50. The molecule has 1 aliphatic rings. The molecule has 0 amide bonds. The number of aldehydes is 1. The summed E-state index contributed by atoms with van der Waals surface area (Å²) in [6.07, 6.45) is 4.34. The summed E-state index contributed by atoms with van der Waals surface area (Å²) in [6, 6.07) is 1.67. The van der Waals surface area contributed by atoms with E-state index < -0.39 is 0 Å². The summed E-state index contributed by atoms with van der Waals surface area (Å²) >= 11 is 0. The number of carbonyl (C=O) groups excluding carboxylic acids is 1. The van der Waals surface area contributed by atoms with Crippen LogP contribution in [0.3, 0.4) is 0 Å². The normalized spacial score (nSPS) is 19.2. The lowest BCUT2D eigenvalue weighted by molar-refractivity contribution is -0.109. The van der Waals surface area contributed by atoms with Gasteiger partial charge in [0.15, 0.2) is 6.29 Å². The Hall–Kier alpha value is -1.58. The molecule has 0 radical (unpaired) electrons. The summed E-state index contributed by atoms with van der Waals surface area (Å²) in [6.45, 7) is 4.21. The third-order valence-electron chi connectivity index (χ3n) is 2.42. The van der Waals surface area contributed by atoms with Gasteiger partial charge < -0.3 is 4.79 Å². The third-order valence-corrected chi connectivity index (χ3v) is 2.42. The molecule has 0 aromatic carbocycles. The molecular weight excluding hydrogens is 178 g/mol. The van der Waals surface area contributed by atoms with E-state index in [0.717, 1.165) is 12.0 Å². The Morgan fingerprint density at radius 2 is 2.43 bits per heavy atom. The highest BCUT2D eigenvalue weighted by Crippen LogP contribution is 2.27. The molecule has 4 nitrogen and oxygen atoms in total. The van der Waals surface area contributed by atoms with Crippen LogP contribution in [0.25, 0.3) is 0 Å². The lowest BCUT2D eigenvalue weighted by Crippen LogP contribution is -2.23. The van der Waals surface area contributed by atoms with Gasteiger partial charge in [-0.15, -0.1) is 0 Å². The van der Waals surface area contributed by atoms with Crippen molar-refractivity contribution in [2.75, 3.05) is 5.43 Å². The maximum absolute atomic E-state index is 10.8. The first-order valence-electron chi connectivity index (χ1n) is 4.68. The van der Waals surface area contributed by atoms with Crippen molar-refractivity contribution in [2.24, 2.45) is 4.99 Å². The van der Waals surface area contributed by atoms with E-state index >= 15 is 0 Å². The average molecular weight is 191 g/mol. The van der Waals surface area contributed by atoms with Gasteiger partial charge in [0.2, 0.25) is 0 Å². The molecule has 2 rings (SSSR count). The first-order valence-corrected chi connectivity index (χ1v) is 4.68. The van der Waals surface area contributed by atoms with Crippen molar-refractivity contribution < 1.29 is 4.79 Å². The van der Waals surface area contributed by atoms with E-state index in [2.05, 4.69) is 24.3 Å². The number of aromatic nitrogens is 1. The third kappa shape index (κ3) is 1.23. The van der Waals surface area contributed by atoms with Crippen LogP contribution in [-0.2, 0) is 4.79 Å². The van der Waals surface area contributed by atoms with Gasteiger partial charge in [-0.3, -0.25) is 15.1 Å². The van der Waals surface area contributed by atoms with E-state index in [4.69, 9.17) is 0 Å². The molecule has 0 fully saturated rings. The van der Waals surface area contributed by atoms with Gasteiger partial charge in [-0.25, -0.2) is 0 Å². The summed E-state index contributed by atoms with van der Waals surface area (Å²) in [7, 11) is 0. The zero-order chi connectivity index (χ0) is 10.1. The van der Waals surface area contributed by atoms with Gasteiger partial charge in [0, 0.05) is 6.20 Å². The van der Waals surface area contributed by atoms with Gasteiger partial charge in [0.25, 0.3) is 0 Å². The quantitative estimate of drug-likeness (QED) is 0.719. The van der Waals surface area contributed by atoms with Gasteiger partial charge in [0.05, 0.1) is 5.69 Å². The second-order valence-corrected chi connectivity index (χ2v) is 3.67. The molecule has 2 heterocycles. The van der Waals surface area contributed by atoms with Gasteiger partial charge >= 0.3 is 0 Å². The van der Waals surface area contributed by atoms with Crippen LogP contribution in [0.2, 0.25) is 0 Å². The van der Waals surface area contributed by atoms with E-state index in [1.54, 1.807) is 6.34 Å². The summed E-state index contributed by atoms with van der Waals surface area (Å²) in [5, 5.41) is 0. The van der Waals surface area contributed by atoms with E-state index in [0.29, 0.717) is 5.92 Å². The number of fused-ring (bicyclic) bond motifs is 1. The molecule has 1 atom stereocenters. The molecule has 0 saturated carbocycles. The van der Waals surface area contributed by atoms with Crippen LogP contribution in [-0.4, -0.2) is 17.3 Å². The highest BCUT2D eigenvalue weighted by molar-refractivity contribution is 5.73. The van der Waals surface area contributed by atoms with Crippen molar-refractivity contribution >= 4 is 12.6 Å². The van der Waals surface area contributed by atoms with Crippen molar-refractivity contribution in [1.29, 1.82) is 0 Å². The summed E-state index contributed by atoms with van der Waals surface area (Å²) < 4.78 is 1.85. The molecule has 4 heteroatoms. The van der Waals surface area contributed by atoms with Crippen LogP contribution in [0.15, 0.2) is 17.3 Å². The highest BCUT2D eigenvalue weighted by Gasteiger charge is 2.22. The van der Waals surface area contributed by atoms with Crippen molar-refractivity contribution in [2.45, 2.75) is 25.8 Å². The molecule has 0 aliphatic carbocycles. The Morgan fingerprint density at radius 3 is 3.07 bits per heavy atom. The second-order valence-electron chi connectivity index (χ2n) is 3.67. The smallest absolute Gasteiger partial charge is 0.150 e. The minimum absolute atomic E-state index is 0.358. The number of rotatable bonds is 2. The fourth-order valence-electron chi connectivity index (χ4n) is 1.72. The molecule has 1 unspecified atom stereocenters. The number of hydrogen-bond donors (Lipinski definition) is 1. The van der Waals surface area contributed by atoms with Crippen LogP contribution in [0.1, 0.15) is 37.1 Å². The number of aliphatic imine (C=N–C) groups is 1. The average Bonchev–Trinajstić information content (AvgIpc) is 2.60. The highest BCUT2D eigenvalue weighted by atomic mass is 16.1. The van der Waals surface area contributed by atoms with Gasteiger partial charge in [0.1, 0.15) is 12.4 Å². The maximum Gasteiger partial charge on any atom is 0.150 e. The minimum atomic E-state index is -0.358. The van der Waals surface area contributed by atoms with Crippen LogP contribution in [0.5, 0.6) is 0 Å². The molecule has 0 saturated heterocycles. The molecule has 0 spiro atoms. The first-order chi connectivity index (χ1) is 6.74. The Labute approximate surface area is 82.6 Å². The van der Waals surface area contributed by atoms with Crippen molar-refractivity contribution in [3.63, 3.8) is 0 Å². The SMILES string of the molecule is CC(C)c1ccn2c1C(C=O)N=CN2. The summed E-state index contributed by atoms with van der Waals surface area (Å²) in [4.78, 5) is 14.9. The van der Waals surface area contributed by atoms with Crippen molar-refractivity contribution in [1.82, 2.24) is 4.68 Å². The predicted molar refractivity (Wildman–Crippen MR) is 55.2 cm³/mol. The molecule has 1 aromatic rings. The number of nitrogens with one attached hydrogen (secondary N) is 1. The molecular formula is C10H13N3O. The zero-order valence-corrected chi connectivity index (χ0v) is 8.27. The first kappa shape index (κ1) is 8.99. The van der Waals surface area contributed by atoms with E-state index in [1.807, 2.05) is 16.9 Å². The zero-order valence-electron chi connectivity index (χ0n) is 8.27. The molecule has 1 aromatic heterocycles. The molecule has 1 aliphatic heterocycles. The van der Waals surface area contributed by atoms with Crippen LogP contribution in [0, 0.1) is 0 Å². The number of carbonyl (C=O) groups is 1. The van der Waals surface area contributed by atoms with Crippen LogP contribution < -0.4 is 5.43 Å². The summed E-state index contributed by atoms with van der Waals surface area (Å²) in [5.74, 6) is 0.406. The Kier molecular flexibility index (Phi) is 2.11. The van der Waals surface area contributed by atoms with Gasteiger partial charge in [-0.05, 0) is 17.5 Å². The van der Waals surface area contributed by atoms with Crippen LogP contribution in [0.4, 0.5) is 0 Å². The van der Waals surface area contributed by atoms with Crippen molar-refractivity contribution in [3.05, 3.63) is 23.5 Å². The van der Waals surface area contributed by atoms with E-state index in [-0.39, 0.29) is 6.04 Å². The second kappa shape index (κ2) is 3.29. The lowest BCUT2D eigenvalue weighted by Gasteiger charge is -2.19. The standard InChI is InChI=1S/C10H13N3O/c1-7(2)8-3-4-13-10(8)9(5-14)11-6-12-13/h3-7,9H,1-2H3,(H,11,12). The number of hydrogen-bond acceptors (Lipinski definition) is 3. The maximum atomic E-state index is 10.8. The molecule has 14 heavy (non-hydrogen) atoms. The molecule has 74 valence electrons. The lowest BCUT2D eigenvalue weighted by atomic mass is 10.0. The predicted octanol–water partition coefficient (Wildman–Crippen LogP) is 1.44. The largest absolute Gasteiger partial charge is 0.301 e. The fourth-order valence-corrected chi connectivity index (χ4v) is 1.72. The van der Waals surface area contributed by atoms with Gasteiger partial charge in [-0.1, -0.05) is 13.8 Å². The van der Waals surface area contributed by atoms with E-state index in [9.17, 15) is 4.79 Å². The van der Waals surface area contributed by atoms with Crippen LogP contribution >= 0.6 is 0 Å². The number of nitrogens with zero attached hydrogens (tertiary/aromatic N) is 2. The Bertz CT molecular complexity index is 379. The minimum Gasteiger partial charge on any atom is -0.301 e. The fraction of sp³-hybridized carbons (Fsp3) is 0.400. The molecule has 1 N–H and O–H groups in total. The monoisotopic (exact) mass is 191 g/mol. The summed E-state index contributed by atoms with van der Waals surface area (Å²) in [5.41, 5.74) is 5.10. The Morgan fingerprint density at radius 1 is 1.64 bits per heavy atom. The topological polar surface area (TPSA) is 46.4 Å². The molecule has 0 bridgehead atoms.